The summed E-state index contributed by atoms with van der Waals surface area (Å²) in [5.74, 6) is -0.785. The fourth-order valence-corrected chi connectivity index (χ4v) is 3.19. The van der Waals surface area contributed by atoms with Gasteiger partial charge in [-0.3, -0.25) is 0 Å². The first kappa shape index (κ1) is 19.3. The summed E-state index contributed by atoms with van der Waals surface area (Å²) >= 11 is 11.9. The normalized spacial score (nSPS) is 11.0. The van der Waals surface area contributed by atoms with Crippen LogP contribution < -0.4 is 15.5 Å². The summed E-state index contributed by atoms with van der Waals surface area (Å²) in [7, 11) is 0. The van der Waals surface area contributed by atoms with Gasteiger partial charge in [0.05, 0.1) is 10.0 Å². The number of halogens is 2. The second-order valence-corrected chi connectivity index (χ2v) is 6.96. The summed E-state index contributed by atoms with van der Waals surface area (Å²) in [6.07, 6.45) is -0.487. The van der Waals surface area contributed by atoms with Crippen molar-refractivity contribution in [1.29, 1.82) is 0 Å². The van der Waals surface area contributed by atoms with Crippen molar-refractivity contribution in [2.75, 3.05) is 0 Å². The fraction of sp³-hybridized carbons (Fsp3) is 0.200. The van der Waals surface area contributed by atoms with Crippen LogP contribution >= 0.6 is 23.2 Å². The lowest BCUT2D eigenvalue weighted by Crippen LogP contribution is -2.27. The van der Waals surface area contributed by atoms with Gasteiger partial charge in [-0.1, -0.05) is 29.3 Å². The van der Waals surface area contributed by atoms with Gasteiger partial charge in [-0.15, -0.1) is 0 Å². The molecule has 1 heterocycles. The minimum atomic E-state index is -1.33. The van der Waals surface area contributed by atoms with E-state index in [1.807, 2.05) is 0 Å². The molecule has 0 aliphatic rings. The molecular weight excluding hydrogens is 391 g/mol. The Morgan fingerprint density at radius 1 is 1.11 bits per heavy atom. The van der Waals surface area contributed by atoms with Crippen LogP contribution in [0.3, 0.4) is 0 Å². The van der Waals surface area contributed by atoms with Gasteiger partial charge in [0.2, 0.25) is 0 Å². The summed E-state index contributed by atoms with van der Waals surface area (Å²) in [6, 6.07) is 8.71. The molecule has 0 N–H and O–H groups in total. The number of carbonyl (C=O) groups excluding carboxylic acids is 1. The van der Waals surface area contributed by atoms with E-state index < -0.39 is 18.0 Å². The molecule has 7 heteroatoms. The highest BCUT2D eigenvalue weighted by molar-refractivity contribution is 6.42. The van der Waals surface area contributed by atoms with Crippen LogP contribution in [0.25, 0.3) is 11.0 Å². The van der Waals surface area contributed by atoms with Gasteiger partial charge >= 0.3 is 5.63 Å². The molecule has 0 aliphatic carbocycles. The average Bonchev–Trinajstić information content (AvgIpc) is 2.61. The van der Waals surface area contributed by atoms with Crippen LogP contribution in [0.4, 0.5) is 0 Å². The van der Waals surface area contributed by atoms with Crippen LogP contribution in [0.15, 0.2) is 39.5 Å². The van der Waals surface area contributed by atoms with Crippen molar-refractivity contribution >= 4 is 40.1 Å². The van der Waals surface area contributed by atoms with E-state index in [0.29, 0.717) is 37.9 Å². The van der Waals surface area contributed by atoms with Crippen molar-refractivity contribution in [1.82, 2.24) is 0 Å². The van der Waals surface area contributed by atoms with Crippen LogP contribution in [0.5, 0.6) is 5.75 Å². The van der Waals surface area contributed by atoms with E-state index >= 15 is 0 Å². The van der Waals surface area contributed by atoms with Gasteiger partial charge in [0.25, 0.3) is 0 Å². The molecule has 3 rings (SSSR count). The molecule has 0 saturated carbocycles. The number of ether oxygens (including phenoxy) is 1. The Hall–Kier alpha value is -2.50. The monoisotopic (exact) mass is 405 g/mol. The number of aliphatic carboxylic acids is 1. The number of fused-ring (bicyclic) bond motifs is 1. The van der Waals surface area contributed by atoms with Gasteiger partial charge in [-0.2, -0.15) is 0 Å². The van der Waals surface area contributed by atoms with Crippen molar-refractivity contribution in [2.24, 2.45) is 0 Å². The van der Waals surface area contributed by atoms with Crippen LogP contribution in [0.1, 0.15) is 22.3 Å². The molecule has 0 bridgehead atoms. The summed E-state index contributed by atoms with van der Waals surface area (Å²) in [4.78, 5) is 23.0. The van der Waals surface area contributed by atoms with E-state index in [2.05, 4.69) is 0 Å². The summed E-state index contributed by atoms with van der Waals surface area (Å²) in [6.45, 7) is 3.72. The molecule has 1 aromatic heterocycles. The lowest BCUT2D eigenvalue weighted by molar-refractivity contribution is -0.304. The van der Waals surface area contributed by atoms with Crippen molar-refractivity contribution < 1.29 is 19.1 Å². The number of carboxylic acids is 1. The second-order valence-electron chi connectivity index (χ2n) is 6.14. The lowest BCUT2D eigenvalue weighted by atomic mass is 10.0. The van der Waals surface area contributed by atoms with Crippen molar-refractivity contribution in [2.45, 2.75) is 26.9 Å². The van der Waals surface area contributed by atoms with E-state index in [9.17, 15) is 14.7 Å². The maximum absolute atomic E-state index is 12.2. The van der Waals surface area contributed by atoms with Gasteiger partial charge in [0.15, 0.2) is 0 Å². The summed E-state index contributed by atoms with van der Waals surface area (Å²) in [5, 5.41) is 12.4. The first-order valence-corrected chi connectivity index (χ1v) is 8.86. The molecule has 0 spiro atoms. The highest BCUT2D eigenvalue weighted by atomic mass is 35.5. The van der Waals surface area contributed by atoms with Crippen LogP contribution in [-0.4, -0.2) is 5.97 Å². The minimum absolute atomic E-state index is 0.0892. The zero-order valence-electron chi connectivity index (χ0n) is 14.6. The topological polar surface area (TPSA) is 79.6 Å². The number of benzene rings is 2. The molecule has 0 aliphatic heterocycles. The quantitative estimate of drug-likeness (QED) is 0.605. The molecule has 0 unspecified atom stereocenters. The Morgan fingerprint density at radius 2 is 1.85 bits per heavy atom. The first-order valence-electron chi connectivity index (χ1n) is 8.10. The maximum atomic E-state index is 12.2. The lowest BCUT2D eigenvalue weighted by Gasteiger charge is -2.14. The minimum Gasteiger partial charge on any atom is -0.550 e. The third kappa shape index (κ3) is 3.94. The smallest absolute Gasteiger partial charge is 0.340 e. The van der Waals surface area contributed by atoms with Gasteiger partial charge in [-0.25, -0.2) is 4.79 Å². The van der Waals surface area contributed by atoms with E-state index in [0.717, 1.165) is 5.56 Å². The first-order chi connectivity index (χ1) is 12.8. The maximum Gasteiger partial charge on any atom is 0.340 e. The molecule has 140 valence electrons. The largest absolute Gasteiger partial charge is 0.550 e. The van der Waals surface area contributed by atoms with Crippen LogP contribution in [-0.2, 0) is 17.8 Å². The highest BCUT2D eigenvalue weighted by Gasteiger charge is 2.15. The third-order valence-electron chi connectivity index (χ3n) is 4.35. The Bertz CT molecular complexity index is 1100. The fourth-order valence-electron chi connectivity index (χ4n) is 2.87. The molecule has 3 aromatic rings. The zero-order valence-corrected chi connectivity index (χ0v) is 16.1. The molecule has 2 aromatic carbocycles. The number of rotatable bonds is 5. The Kier molecular flexibility index (Phi) is 5.44. The third-order valence-corrected chi connectivity index (χ3v) is 5.09. The van der Waals surface area contributed by atoms with Crippen LogP contribution in [0, 0.1) is 13.8 Å². The van der Waals surface area contributed by atoms with Gasteiger partial charge in [0, 0.05) is 28.9 Å². The molecule has 0 fully saturated rings. The number of carboxylic acid groups (broad SMARTS) is 1. The average molecular weight is 406 g/mol. The molecule has 0 amide bonds. The number of hydrogen-bond acceptors (Lipinski definition) is 5. The predicted octanol–water partition coefficient (Wildman–Crippen LogP) is 3.59. The SMILES string of the molecule is Cc1c(CC(=O)[O-])c(=O)oc2c(C)c(OCc3ccc(Cl)c(Cl)c3)ccc12. The standard InChI is InChI=1S/C20H16Cl2O5/c1-10-13-4-6-17(26-9-12-3-5-15(21)16(22)7-12)11(2)19(13)27-20(25)14(10)8-18(23)24/h3-7H,8-9H2,1-2H3,(H,23,24)/p-1. The molecule has 0 radical (unpaired) electrons. The van der Waals surface area contributed by atoms with E-state index in [1.54, 1.807) is 44.2 Å². The summed E-state index contributed by atoms with van der Waals surface area (Å²) < 4.78 is 11.2. The van der Waals surface area contributed by atoms with E-state index in [1.165, 1.54) is 0 Å². The summed E-state index contributed by atoms with van der Waals surface area (Å²) in [5.41, 5.74) is 1.81. The molecule has 5 nitrogen and oxygen atoms in total. The van der Waals surface area contributed by atoms with E-state index in [-0.39, 0.29) is 12.2 Å². The molecular formula is C20H15Cl2O5-. The molecule has 27 heavy (non-hydrogen) atoms. The highest BCUT2D eigenvalue weighted by Crippen LogP contribution is 2.30. The molecule has 0 saturated heterocycles. The Morgan fingerprint density at radius 3 is 2.52 bits per heavy atom. The van der Waals surface area contributed by atoms with Gasteiger partial charge in [-0.05, 0) is 49.2 Å². The number of carbonyl (C=O) groups is 1. The van der Waals surface area contributed by atoms with E-state index in [4.69, 9.17) is 32.4 Å². The van der Waals surface area contributed by atoms with Gasteiger partial charge < -0.3 is 19.1 Å². The second kappa shape index (κ2) is 7.62. The predicted molar refractivity (Wildman–Crippen MR) is 101 cm³/mol. The zero-order chi connectivity index (χ0) is 19.7. The van der Waals surface area contributed by atoms with Crippen molar-refractivity contribution in [3.05, 3.63) is 73.1 Å². The Labute approximate surface area is 165 Å². The number of hydrogen-bond donors (Lipinski definition) is 0. The van der Waals surface area contributed by atoms with Crippen LogP contribution in [0.2, 0.25) is 10.0 Å². The van der Waals surface area contributed by atoms with Crippen molar-refractivity contribution in [3.8, 4) is 5.75 Å². The van der Waals surface area contributed by atoms with Crippen molar-refractivity contribution in [3.63, 3.8) is 0 Å². The Balaban J connectivity index is 1.96. The molecule has 0 atom stereocenters. The number of aryl methyl sites for hydroxylation is 2. The van der Waals surface area contributed by atoms with Gasteiger partial charge in [0.1, 0.15) is 17.9 Å².